The Bertz CT molecular complexity index is 1230. The number of halogens is 1. The summed E-state index contributed by atoms with van der Waals surface area (Å²) in [5, 5.41) is 21.0. The monoisotopic (exact) mass is 470 g/mol. The summed E-state index contributed by atoms with van der Waals surface area (Å²) in [5.74, 6) is 1.03. The number of methoxy groups -OCH3 is 1. The molecule has 0 atom stereocenters. The van der Waals surface area contributed by atoms with Crippen LogP contribution in [0.15, 0.2) is 53.7 Å². The number of aromatic nitrogens is 5. The van der Waals surface area contributed by atoms with E-state index in [0.717, 1.165) is 16.9 Å². The van der Waals surface area contributed by atoms with E-state index in [1.165, 1.54) is 35.2 Å². The van der Waals surface area contributed by atoms with E-state index in [1.807, 2.05) is 35.8 Å². The fourth-order valence-electron chi connectivity index (χ4n) is 2.92. The number of ether oxygens (including phenoxy) is 1. The third-order valence-corrected chi connectivity index (χ3v) is 6.31. The van der Waals surface area contributed by atoms with E-state index >= 15 is 0 Å². The van der Waals surface area contributed by atoms with Gasteiger partial charge in [0.05, 0.1) is 12.9 Å². The van der Waals surface area contributed by atoms with Crippen LogP contribution in [0.5, 0.6) is 5.75 Å². The molecule has 2 aromatic carbocycles. The molecule has 0 bridgehead atoms. The third-order valence-electron chi connectivity index (χ3n) is 4.46. The van der Waals surface area contributed by atoms with E-state index in [0.29, 0.717) is 27.7 Å². The minimum Gasteiger partial charge on any atom is -0.497 e. The smallest absolute Gasteiger partial charge is 0.236 e. The summed E-state index contributed by atoms with van der Waals surface area (Å²) in [6.45, 7) is 2.65. The van der Waals surface area contributed by atoms with E-state index < -0.39 is 0 Å². The first-order valence-electron chi connectivity index (χ1n) is 9.67. The normalized spacial score (nSPS) is 10.8. The van der Waals surface area contributed by atoms with Crippen molar-refractivity contribution in [2.45, 2.75) is 18.6 Å². The van der Waals surface area contributed by atoms with Crippen LogP contribution in [0, 0.1) is 5.82 Å². The highest BCUT2D eigenvalue weighted by Crippen LogP contribution is 2.28. The molecule has 0 saturated carbocycles. The quantitative estimate of drug-likeness (QED) is 0.382. The average molecular weight is 471 g/mol. The van der Waals surface area contributed by atoms with Gasteiger partial charge in [-0.05, 0) is 43.3 Å². The molecule has 0 saturated heterocycles. The molecular formula is C21H19FN6O2S2. The standard InChI is InChI=1S/C21H19FN6O2S2/c1-3-28-18(14-5-4-6-16(11-14)30-2)24-27-21(28)31-12-17(29)23-20-26-25-19(32-20)13-7-9-15(22)10-8-13/h4-11H,3,12H2,1-2H3,(H,23,26,29). The van der Waals surface area contributed by atoms with Crippen molar-refractivity contribution in [1.82, 2.24) is 25.0 Å². The molecule has 32 heavy (non-hydrogen) atoms. The second-order valence-corrected chi connectivity index (χ2v) is 8.46. The summed E-state index contributed by atoms with van der Waals surface area (Å²) >= 11 is 2.51. The number of carbonyl (C=O) groups excluding carboxylic acids is 1. The fraction of sp³-hybridized carbons (Fsp3) is 0.190. The Balaban J connectivity index is 1.40. The first-order chi connectivity index (χ1) is 15.6. The number of benzene rings is 2. The van der Waals surface area contributed by atoms with Gasteiger partial charge < -0.3 is 9.30 Å². The Labute approximate surface area is 191 Å². The van der Waals surface area contributed by atoms with Crippen LogP contribution >= 0.6 is 23.1 Å². The van der Waals surface area contributed by atoms with Crippen molar-refractivity contribution in [3.05, 3.63) is 54.3 Å². The summed E-state index contributed by atoms with van der Waals surface area (Å²) in [6.07, 6.45) is 0. The van der Waals surface area contributed by atoms with Crippen LogP contribution in [0.4, 0.5) is 9.52 Å². The van der Waals surface area contributed by atoms with Gasteiger partial charge in [0.15, 0.2) is 11.0 Å². The maximum Gasteiger partial charge on any atom is 0.236 e. The molecule has 0 spiro atoms. The van der Waals surface area contributed by atoms with Crippen molar-refractivity contribution in [3.63, 3.8) is 0 Å². The Morgan fingerprint density at radius 3 is 2.69 bits per heavy atom. The molecule has 4 rings (SSSR count). The Kier molecular flexibility index (Phi) is 6.76. The SMILES string of the molecule is CCn1c(SCC(=O)Nc2nnc(-c3ccc(F)cc3)s2)nnc1-c1cccc(OC)c1. The Hall–Kier alpha value is -3.31. The number of nitrogens with one attached hydrogen (secondary N) is 1. The van der Waals surface area contributed by atoms with Gasteiger partial charge in [-0.25, -0.2) is 4.39 Å². The van der Waals surface area contributed by atoms with Gasteiger partial charge in [0.2, 0.25) is 11.0 Å². The van der Waals surface area contributed by atoms with Gasteiger partial charge >= 0.3 is 0 Å². The molecule has 4 aromatic rings. The molecular weight excluding hydrogens is 451 g/mol. The van der Waals surface area contributed by atoms with E-state index in [-0.39, 0.29) is 17.5 Å². The highest BCUT2D eigenvalue weighted by atomic mass is 32.2. The third kappa shape index (κ3) is 4.94. The van der Waals surface area contributed by atoms with Crippen molar-refractivity contribution >= 4 is 34.1 Å². The number of rotatable bonds is 8. The summed E-state index contributed by atoms with van der Waals surface area (Å²) in [5.41, 5.74) is 1.62. The first kappa shape index (κ1) is 21.9. The lowest BCUT2D eigenvalue weighted by Gasteiger charge is -2.08. The van der Waals surface area contributed by atoms with Crippen LogP contribution in [0.3, 0.4) is 0 Å². The van der Waals surface area contributed by atoms with Crippen LogP contribution in [-0.2, 0) is 11.3 Å². The maximum absolute atomic E-state index is 13.1. The number of thioether (sulfide) groups is 1. The predicted molar refractivity (Wildman–Crippen MR) is 122 cm³/mol. The van der Waals surface area contributed by atoms with Crippen LogP contribution in [0.25, 0.3) is 22.0 Å². The highest BCUT2D eigenvalue weighted by Gasteiger charge is 2.16. The zero-order valence-electron chi connectivity index (χ0n) is 17.3. The number of hydrogen-bond donors (Lipinski definition) is 1. The minimum absolute atomic E-state index is 0.141. The molecule has 0 aliphatic rings. The Morgan fingerprint density at radius 1 is 1.12 bits per heavy atom. The molecule has 164 valence electrons. The molecule has 1 N–H and O–H groups in total. The van der Waals surface area contributed by atoms with Gasteiger partial charge in [-0.1, -0.05) is 35.2 Å². The lowest BCUT2D eigenvalue weighted by Crippen LogP contribution is -2.14. The molecule has 2 heterocycles. The van der Waals surface area contributed by atoms with Gasteiger partial charge in [0, 0.05) is 17.7 Å². The number of carbonyl (C=O) groups is 1. The summed E-state index contributed by atoms with van der Waals surface area (Å²) in [4.78, 5) is 12.4. The van der Waals surface area contributed by atoms with Gasteiger partial charge in [-0.2, -0.15) is 0 Å². The molecule has 2 aromatic heterocycles. The zero-order valence-corrected chi connectivity index (χ0v) is 18.9. The molecule has 1 amide bonds. The molecule has 8 nitrogen and oxygen atoms in total. The second-order valence-electron chi connectivity index (χ2n) is 6.54. The summed E-state index contributed by atoms with van der Waals surface area (Å²) in [6, 6.07) is 13.5. The van der Waals surface area contributed by atoms with Crippen LogP contribution in [-0.4, -0.2) is 43.7 Å². The zero-order chi connectivity index (χ0) is 22.5. The van der Waals surface area contributed by atoms with Gasteiger partial charge in [0.25, 0.3) is 0 Å². The van der Waals surface area contributed by atoms with Crippen LogP contribution in [0.1, 0.15) is 6.92 Å². The number of anilines is 1. The summed E-state index contributed by atoms with van der Waals surface area (Å²) < 4.78 is 20.3. The van der Waals surface area contributed by atoms with E-state index in [4.69, 9.17) is 4.74 Å². The first-order valence-corrected chi connectivity index (χ1v) is 11.5. The van der Waals surface area contributed by atoms with Gasteiger partial charge in [-0.3, -0.25) is 10.1 Å². The van der Waals surface area contributed by atoms with Crippen LogP contribution in [0.2, 0.25) is 0 Å². The maximum atomic E-state index is 13.1. The van der Waals surface area contributed by atoms with Crippen molar-refractivity contribution in [2.24, 2.45) is 0 Å². The molecule has 0 aliphatic heterocycles. The van der Waals surface area contributed by atoms with Gasteiger partial charge in [0.1, 0.15) is 16.6 Å². The average Bonchev–Trinajstić information content (AvgIpc) is 3.45. The van der Waals surface area contributed by atoms with E-state index in [9.17, 15) is 9.18 Å². The largest absolute Gasteiger partial charge is 0.497 e. The van der Waals surface area contributed by atoms with E-state index in [1.54, 1.807) is 19.2 Å². The topological polar surface area (TPSA) is 94.8 Å². The second kappa shape index (κ2) is 9.88. The molecule has 0 radical (unpaired) electrons. The van der Waals surface area contributed by atoms with Crippen molar-refractivity contribution in [3.8, 4) is 27.7 Å². The lowest BCUT2D eigenvalue weighted by molar-refractivity contribution is -0.113. The highest BCUT2D eigenvalue weighted by molar-refractivity contribution is 7.99. The van der Waals surface area contributed by atoms with Gasteiger partial charge in [-0.15, -0.1) is 20.4 Å². The minimum atomic E-state index is -0.321. The number of amides is 1. The Morgan fingerprint density at radius 2 is 1.94 bits per heavy atom. The molecule has 0 fully saturated rings. The van der Waals surface area contributed by atoms with Crippen molar-refractivity contribution in [2.75, 3.05) is 18.2 Å². The lowest BCUT2D eigenvalue weighted by atomic mass is 10.2. The van der Waals surface area contributed by atoms with E-state index in [2.05, 4.69) is 25.7 Å². The molecule has 11 heteroatoms. The van der Waals surface area contributed by atoms with Crippen LogP contribution < -0.4 is 10.1 Å². The summed E-state index contributed by atoms with van der Waals surface area (Å²) in [7, 11) is 1.62. The van der Waals surface area contributed by atoms with Crippen molar-refractivity contribution in [1.29, 1.82) is 0 Å². The van der Waals surface area contributed by atoms with Crippen molar-refractivity contribution < 1.29 is 13.9 Å². The fourth-order valence-corrected chi connectivity index (χ4v) is 4.49. The molecule has 0 unspecified atom stereocenters. The number of nitrogens with zero attached hydrogens (tertiary/aromatic N) is 5. The predicted octanol–water partition coefficient (Wildman–Crippen LogP) is 4.36. The molecule has 0 aliphatic carbocycles. The number of hydrogen-bond acceptors (Lipinski definition) is 8.